The molecule has 5 rings (SSSR count). The number of Topliss-reactive ketones (excluding diaryl/α,β-unsaturated/α-hetero) is 3. The SMILES string of the molecule is CC(C)C[C@H](NC(=O)[C@H](CCc1ccccc1)CC(=O)C[N+]1(Cc2ccc(OC(=O)C(C)(C)C)c(C(=O)NC/C(N)=C/N)c2)CCOCC1)C(=O)C[C@@H](Cc1ccccc1)C(=O)N[C@@H](CC(C)C)C(=O)[C@@]1(C)CO1. The van der Waals surface area contributed by atoms with Crippen LogP contribution in [-0.2, 0) is 57.6 Å². The van der Waals surface area contributed by atoms with Gasteiger partial charge >= 0.3 is 5.97 Å². The quantitative estimate of drug-likeness (QED) is 0.0247. The van der Waals surface area contributed by atoms with Gasteiger partial charge < -0.3 is 46.1 Å². The van der Waals surface area contributed by atoms with E-state index in [2.05, 4.69) is 16.0 Å². The molecule has 2 heterocycles. The van der Waals surface area contributed by atoms with E-state index < -0.39 is 58.6 Å². The second kappa shape index (κ2) is 26.8. The van der Waals surface area contributed by atoms with Crippen LogP contribution in [-0.4, -0.2) is 109 Å². The number of rotatable bonds is 28. The Labute approximate surface area is 437 Å². The molecule has 3 aromatic carbocycles. The van der Waals surface area contributed by atoms with Crippen molar-refractivity contribution in [1.29, 1.82) is 0 Å². The van der Waals surface area contributed by atoms with Crippen molar-refractivity contribution >= 4 is 41.0 Å². The van der Waals surface area contributed by atoms with Gasteiger partial charge in [0.1, 0.15) is 37.5 Å². The van der Waals surface area contributed by atoms with E-state index in [1.165, 1.54) is 6.20 Å². The highest BCUT2D eigenvalue weighted by Crippen LogP contribution is 2.31. The summed E-state index contributed by atoms with van der Waals surface area (Å²) in [6, 6.07) is 22.4. The number of hydrogen-bond acceptors (Lipinski definition) is 12. The largest absolute Gasteiger partial charge is 0.425 e. The van der Waals surface area contributed by atoms with Gasteiger partial charge in [0.15, 0.2) is 17.3 Å². The maximum atomic E-state index is 14.7. The van der Waals surface area contributed by atoms with E-state index in [9.17, 15) is 33.6 Å². The van der Waals surface area contributed by atoms with Gasteiger partial charge in [-0.2, -0.15) is 0 Å². The van der Waals surface area contributed by atoms with Crippen LogP contribution in [0.4, 0.5) is 0 Å². The number of carbonyl (C=O) groups excluding carboxylic acids is 7. The number of benzene rings is 3. The number of nitrogens with zero attached hydrogens (tertiary/aromatic N) is 1. The van der Waals surface area contributed by atoms with Crippen molar-refractivity contribution in [2.45, 2.75) is 125 Å². The molecule has 0 aromatic heterocycles. The van der Waals surface area contributed by atoms with Gasteiger partial charge in [0, 0.05) is 42.1 Å². The molecule has 2 aliphatic heterocycles. The zero-order valence-electron chi connectivity index (χ0n) is 44.8. The van der Waals surface area contributed by atoms with Crippen molar-refractivity contribution in [3.8, 4) is 5.75 Å². The van der Waals surface area contributed by atoms with Crippen LogP contribution in [0.15, 0.2) is 90.8 Å². The second-order valence-corrected chi connectivity index (χ2v) is 22.4. The number of amides is 3. The van der Waals surface area contributed by atoms with E-state index >= 15 is 0 Å². The Bertz CT molecular complexity index is 2440. The number of hydrogen-bond donors (Lipinski definition) is 5. The Morgan fingerprint density at radius 2 is 1.36 bits per heavy atom. The topological polar surface area (TPSA) is 239 Å². The zero-order chi connectivity index (χ0) is 54.2. The van der Waals surface area contributed by atoms with Crippen molar-refractivity contribution in [2.24, 2.45) is 40.6 Å². The maximum absolute atomic E-state index is 14.7. The average molecular weight is 1020 g/mol. The van der Waals surface area contributed by atoms with Gasteiger partial charge in [-0.3, -0.25) is 33.6 Å². The van der Waals surface area contributed by atoms with Crippen molar-refractivity contribution < 1.29 is 52.3 Å². The first-order valence-corrected chi connectivity index (χ1v) is 26.1. The van der Waals surface area contributed by atoms with Crippen LogP contribution >= 0.6 is 0 Å². The predicted octanol–water partition coefficient (Wildman–Crippen LogP) is 5.92. The fraction of sp³-hybridized carbons (Fsp3) is 0.534. The second-order valence-electron chi connectivity index (χ2n) is 22.4. The van der Waals surface area contributed by atoms with E-state index in [1.54, 1.807) is 45.9 Å². The molecule has 5 atom stereocenters. The number of morpholine rings is 1. The Morgan fingerprint density at radius 3 is 1.95 bits per heavy atom. The summed E-state index contributed by atoms with van der Waals surface area (Å²) in [7, 11) is 0. The van der Waals surface area contributed by atoms with Crippen LogP contribution < -0.4 is 32.2 Å². The molecular formula is C58H81N6O10+. The van der Waals surface area contributed by atoms with Gasteiger partial charge in [-0.15, -0.1) is 0 Å². The fourth-order valence-electron chi connectivity index (χ4n) is 9.23. The maximum Gasteiger partial charge on any atom is 0.316 e. The van der Waals surface area contributed by atoms with Gasteiger partial charge in [-0.1, -0.05) is 88.4 Å². The van der Waals surface area contributed by atoms with Crippen LogP contribution in [0, 0.1) is 29.1 Å². The number of nitrogens with one attached hydrogen (secondary N) is 3. The average Bonchev–Trinajstić information content (AvgIpc) is 4.11. The highest BCUT2D eigenvalue weighted by Gasteiger charge is 2.50. The summed E-state index contributed by atoms with van der Waals surface area (Å²) in [6.45, 7) is 17.1. The standard InChI is InChI=1S/C58H80N6O10/c1-38(2)27-48(50(66)32-44(29-41-17-13-10-14-18-41)54(69)63-49(28-39(3)4)52(67)58(8)37-73-58)62-53(68)43(21-19-40-15-11-9-12-16-40)31-46(65)36-64(23-25-72-26-24-64)35-42-20-22-51(74-56(71)57(5,6)7)47(30-42)55(70)61-34-45(60)33-59/h9-18,20,22,30,33,38-39,43-44,48-49H,19,21,23-29,31-32,34-37,59-60H2,1-8H3,(H2-,61,62,63,68,69,70)/p+1/b45-33-/t43-,44-,48+,49+,58-/m1/s1. The molecule has 0 saturated carbocycles. The molecule has 16 nitrogen and oxygen atoms in total. The van der Waals surface area contributed by atoms with E-state index in [1.807, 2.05) is 88.4 Å². The van der Waals surface area contributed by atoms with Crippen LogP contribution in [0.5, 0.6) is 5.75 Å². The normalized spacial score (nSPS) is 18.1. The lowest BCUT2D eigenvalue weighted by Gasteiger charge is -2.41. The number of aryl methyl sites for hydroxylation is 1. The highest BCUT2D eigenvalue weighted by molar-refractivity contribution is 5.99. The third kappa shape index (κ3) is 18.0. The van der Waals surface area contributed by atoms with E-state index in [0.29, 0.717) is 64.1 Å². The molecule has 7 N–H and O–H groups in total. The number of ketones is 3. The molecule has 402 valence electrons. The molecule has 16 heteroatoms. The summed E-state index contributed by atoms with van der Waals surface area (Å²) >= 11 is 0. The van der Waals surface area contributed by atoms with Gasteiger partial charge in [0.25, 0.3) is 5.91 Å². The van der Waals surface area contributed by atoms with Crippen molar-refractivity contribution in [3.63, 3.8) is 0 Å². The molecule has 0 spiro atoms. The van der Waals surface area contributed by atoms with Crippen LogP contribution in [0.3, 0.4) is 0 Å². The first kappa shape index (κ1) is 58.7. The smallest absolute Gasteiger partial charge is 0.316 e. The molecule has 74 heavy (non-hydrogen) atoms. The van der Waals surface area contributed by atoms with E-state index in [-0.39, 0.29) is 89.6 Å². The molecule has 0 radical (unpaired) electrons. The minimum absolute atomic E-state index is 0.0137. The van der Waals surface area contributed by atoms with Crippen molar-refractivity contribution in [1.82, 2.24) is 16.0 Å². The Morgan fingerprint density at radius 1 is 0.784 bits per heavy atom. The van der Waals surface area contributed by atoms with Gasteiger partial charge in [-0.25, -0.2) is 0 Å². The van der Waals surface area contributed by atoms with E-state index in [4.69, 9.17) is 25.7 Å². The summed E-state index contributed by atoms with van der Waals surface area (Å²) in [4.78, 5) is 98.4. The molecule has 0 aliphatic carbocycles. The summed E-state index contributed by atoms with van der Waals surface area (Å²) < 4.78 is 17.3. The monoisotopic (exact) mass is 1020 g/mol. The van der Waals surface area contributed by atoms with Crippen LogP contribution in [0.1, 0.15) is 115 Å². The third-order valence-corrected chi connectivity index (χ3v) is 13.7. The molecule has 2 saturated heterocycles. The lowest BCUT2D eigenvalue weighted by molar-refractivity contribution is -0.940. The van der Waals surface area contributed by atoms with Gasteiger partial charge in [-0.05, 0) is 101 Å². The predicted molar refractivity (Wildman–Crippen MR) is 283 cm³/mol. The van der Waals surface area contributed by atoms with Crippen LogP contribution in [0.2, 0.25) is 0 Å². The van der Waals surface area contributed by atoms with Gasteiger partial charge in [0.2, 0.25) is 11.8 Å². The summed E-state index contributed by atoms with van der Waals surface area (Å²) in [5.41, 5.74) is 12.5. The number of carbonyl (C=O) groups is 7. The summed E-state index contributed by atoms with van der Waals surface area (Å²) in [5, 5.41) is 8.80. The Balaban J connectivity index is 1.39. The molecule has 2 aliphatic rings. The third-order valence-electron chi connectivity index (χ3n) is 13.7. The molecule has 3 aromatic rings. The number of nitrogens with two attached hydrogens (primary N) is 2. The molecule has 0 unspecified atom stereocenters. The van der Waals surface area contributed by atoms with Crippen molar-refractivity contribution in [2.75, 3.05) is 46.0 Å². The minimum Gasteiger partial charge on any atom is -0.425 e. The number of epoxide rings is 1. The van der Waals surface area contributed by atoms with Crippen molar-refractivity contribution in [3.05, 3.63) is 113 Å². The first-order chi connectivity index (χ1) is 35.0. The lowest BCUT2D eigenvalue weighted by atomic mass is 9.87. The lowest BCUT2D eigenvalue weighted by Crippen LogP contribution is -2.57. The molecular weight excluding hydrogens is 941 g/mol. The van der Waals surface area contributed by atoms with E-state index in [0.717, 1.165) is 11.1 Å². The first-order valence-electron chi connectivity index (χ1n) is 26.1. The number of esters is 1. The number of quaternary nitrogens is 1. The fourth-order valence-corrected chi connectivity index (χ4v) is 9.23. The molecule has 0 bridgehead atoms. The Hall–Kier alpha value is -6.23. The molecule has 3 amide bonds. The Kier molecular flexibility index (Phi) is 21.3. The molecule has 2 fully saturated rings. The highest BCUT2D eigenvalue weighted by atomic mass is 16.6. The minimum atomic E-state index is -0.952. The van der Waals surface area contributed by atoms with Gasteiger partial charge in [0.05, 0.1) is 49.4 Å². The number of ether oxygens (including phenoxy) is 3. The zero-order valence-corrected chi connectivity index (χ0v) is 44.8. The summed E-state index contributed by atoms with van der Waals surface area (Å²) in [5.74, 6) is -4.06. The van der Waals surface area contributed by atoms with Crippen LogP contribution in [0.25, 0.3) is 0 Å². The summed E-state index contributed by atoms with van der Waals surface area (Å²) in [6.07, 6.45) is 2.69.